The molecule has 2 rings (SSSR count). The molecule has 1 heterocycles. The summed E-state index contributed by atoms with van der Waals surface area (Å²) < 4.78 is 13.9. The number of pyridine rings is 1. The standard InChI is InChI=1S/C14H12BrFN2O/c1-9(10-2-4-12(15)5-3-10)18-14(19)11-6-7-17-13(16)8-11/h2-9H,1H3,(H,18,19)/t9-/m0/s1. The van der Waals surface area contributed by atoms with Crippen LogP contribution in [0.15, 0.2) is 47.1 Å². The van der Waals surface area contributed by atoms with Crippen molar-refractivity contribution < 1.29 is 9.18 Å². The molecule has 1 aromatic heterocycles. The summed E-state index contributed by atoms with van der Waals surface area (Å²) in [5.74, 6) is -0.985. The highest BCUT2D eigenvalue weighted by molar-refractivity contribution is 9.10. The van der Waals surface area contributed by atoms with Gasteiger partial charge in [0.1, 0.15) is 0 Å². The van der Waals surface area contributed by atoms with Crippen molar-refractivity contribution in [2.24, 2.45) is 0 Å². The minimum absolute atomic E-state index is 0.156. The van der Waals surface area contributed by atoms with Gasteiger partial charge in [-0.15, -0.1) is 0 Å². The van der Waals surface area contributed by atoms with Gasteiger partial charge in [0, 0.05) is 22.3 Å². The summed E-state index contributed by atoms with van der Waals surface area (Å²) in [6.07, 6.45) is 1.27. The molecular formula is C14H12BrFN2O. The van der Waals surface area contributed by atoms with Gasteiger partial charge in [-0.2, -0.15) is 4.39 Å². The van der Waals surface area contributed by atoms with E-state index in [-0.39, 0.29) is 17.5 Å². The SMILES string of the molecule is C[C@H](NC(=O)c1ccnc(F)c1)c1ccc(Br)cc1. The van der Waals surface area contributed by atoms with Crippen LogP contribution in [0.4, 0.5) is 4.39 Å². The van der Waals surface area contributed by atoms with Gasteiger partial charge in [-0.3, -0.25) is 4.79 Å². The van der Waals surface area contributed by atoms with Crippen LogP contribution in [-0.2, 0) is 0 Å². The third-order valence-electron chi connectivity index (χ3n) is 2.71. The normalized spacial score (nSPS) is 11.9. The lowest BCUT2D eigenvalue weighted by Crippen LogP contribution is -2.26. The van der Waals surface area contributed by atoms with Gasteiger partial charge in [-0.05, 0) is 30.7 Å². The topological polar surface area (TPSA) is 42.0 Å². The van der Waals surface area contributed by atoms with Gasteiger partial charge in [0.05, 0.1) is 6.04 Å². The van der Waals surface area contributed by atoms with Gasteiger partial charge >= 0.3 is 0 Å². The van der Waals surface area contributed by atoms with E-state index in [0.717, 1.165) is 16.1 Å². The largest absolute Gasteiger partial charge is 0.346 e. The first-order chi connectivity index (χ1) is 9.06. The number of hydrogen-bond donors (Lipinski definition) is 1. The second kappa shape index (κ2) is 5.93. The minimum Gasteiger partial charge on any atom is -0.346 e. The Labute approximate surface area is 119 Å². The fourth-order valence-corrected chi connectivity index (χ4v) is 1.92. The van der Waals surface area contributed by atoms with Crippen LogP contribution >= 0.6 is 15.9 Å². The zero-order valence-electron chi connectivity index (χ0n) is 10.2. The Kier molecular flexibility index (Phi) is 4.27. The van der Waals surface area contributed by atoms with E-state index in [4.69, 9.17) is 0 Å². The highest BCUT2D eigenvalue weighted by Crippen LogP contribution is 2.17. The molecule has 98 valence electrons. The molecule has 0 bridgehead atoms. The van der Waals surface area contributed by atoms with Crippen LogP contribution in [0, 0.1) is 5.95 Å². The number of nitrogens with one attached hydrogen (secondary N) is 1. The van der Waals surface area contributed by atoms with Crippen LogP contribution in [0.1, 0.15) is 28.9 Å². The van der Waals surface area contributed by atoms with Crippen molar-refractivity contribution in [3.63, 3.8) is 0 Å². The van der Waals surface area contributed by atoms with E-state index in [0.29, 0.717) is 0 Å². The summed E-state index contributed by atoms with van der Waals surface area (Å²) in [7, 11) is 0. The van der Waals surface area contributed by atoms with Crippen molar-refractivity contribution in [1.82, 2.24) is 10.3 Å². The van der Waals surface area contributed by atoms with Crippen molar-refractivity contribution in [1.29, 1.82) is 0 Å². The summed E-state index contributed by atoms with van der Waals surface area (Å²) in [4.78, 5) is 15.4. The van der Waals surface area contributed by atoms with Crippen LogP contribution in [-0.4, -0.2) is 10.9 Å². The number of rotatable bonds is 3. The number of halogens is 2. The van der Waals surface area contributed by atoms with Crippen LogP contribution < -0.4 is 5.32 Å². The fourth-order valence-electron chi connectivity index (χ4n) is 1.66. The quantitative estimate of drug-likeness (QED) is 0.879. The van der Waals surface area contributed by atoms with E-state index < -0.39 is 5.95 Å². The zero-order chi connectivity index (χ0) is 13.8. The molecule has 1 N–H and O–H groups in total. The third kappa shape index (κ3) is 3.61. The first-order valence-electron chi connectivity index (χ1n) is 5.74. The summed E-state index contributed by atoms with van der Waals surface area (Å²) in [5, 5.41) is 2.81. The smallest absolute Gasteiger partial charge is 0.251 e. The highest BCUT2D eigenvalue weighted by atomic mass is 79.9. The van der Waals surface area contributed by atoms with Crippen LogP contribution in [0.2, 0.25) is 0 Å². The number of carbonyl (C=O) groups excluding carboxylic acids is 1. The first kappa shape index (κ1) is 13.7. The fraction of sp³-hybridized carbons (Fsp3) is 0.143. The molecule has 0 unspecified atom stereocenters. The third-order valence-corrected chi connectivity index (χ3v) is 3.24. The zero-order valence-corrected chi connectivity index (χ0v) is 11.8. The molecule has 0 aliphatic rings. The van der Waals surface area contributed by atoms with E-state index in [1.807, 2.05) is 31.2 Å². The van der Waals surface area contributed by atoms with Crippen molar-refractivity contribution in [3.05, 3.63) is 64.1 Å². The molecule has 2 aromatic rings. The molecule has 0 radical (unpaired) electrons. The molecule has 1 amide bonds. The van der Waals surface area contributed by atoms with Crippen LogP contribution in [0.5, 0.6) is 0 Å². The number of carbonyl (C=O) groups is 1. The van der Waals surface area contributed by atoms with E-state index in [1.54, 1.807) is 0 Å². The Hall–Kier alpha value is -1.75. The molecule has 0 aliphatic carbocycles. The van der Waals surface area contributed by atoms with Gasteiger partial charge < -0.3 is 5.32 Å². The monoisotopic (exact) mass is 322 g/mol. The Bertz CT molecular complexity index is 586. The molecule has 19 heavy (non-hydrogen) atoms. The summed E-state index contributed by atoms with van der Waals surface area (Å²) in [6, 6.07) is 10.1. The summed E-state index contributed by atoms with van der Waals surface area (Å²) in [5.41, 5.74) is 1.24. The predicted octanol–water partition coefficient (Wildman–Crippen LogP) is 3.47. The Morgan fingerprint density at radius 1 is 1.32 bits per heavy atom. The average molecular weight is 323 g/mol. The number of benzene rings is 1. The number of nitrogens with zero attached hydrogens (tertiary/aromatic N) is 1. The van der Waals surface area contributed by atoms with Crippen LogP contribution in [0.25, 0.3) is 0 Å². The van der Waals surface area contributed by atoms with Crippen molar-refractivity contribution >= 4 is 21.8 Å². The molecule has 1 atom stereocenters. The molecule has 3 nitrogen and oxygen atoms in total. The van der Waals surface area contributed by atoms with Crippen molar-refractivity contribution in [2.75, 3.05) is 0 Å². The lowest BCUT2D eigenvalue weighted by Gasteiger charge is -2.14. The van der Waals surface area contributed by atoms with Crippen molar-refractivity contribution in [3.8, 4) is 0 Å². The molecule has 0 spiro atoms. The van der Waals surface area contributed by atoms with Crippen molar-refractivity contribution in [2.45, 2.75) is 13.0 Å². The average Bonchev–Trinajstić information content (AvgIpc) is 2.39. The summed E-state index contributed by atoms with van der Waals surface area (Å²) >= 11 is 3.35. The lowest BCUT2D eigenvalue weighted by atomic mass is 10.1. The summed E-state index contributed by atoms with van der Waals surface area (Å²) in [6.45, 7) is 1.87. The second-order valence-electron chi connectivity index (χ2n) is 4.11. The Balaban J connectivity index is 2.08. The van der Waals surface area contributed by atoms with Gasteiger partial charge in [0.15, 0.2) is 0 Å². The van der Waals surface area contributed by atoms with E-state index in [9.17, 15) is 9.18 Å². The molecule has 5 heteroatoms. The maximum absolute atomic E-state index is 12.9. The number of hydrogen-bond acceptors (Lipinski definition) is 2. The molecule has 1 aromatic carbocycles. The maximum atomic E-state index is 12.9. The maximum Gasteiger partial charge on any atom is 0.251 e. The second-order valence-corrected chi connectivity index (χ2v) is 5.03. The molecule has 0 aliphatic heterocycles. The molecule has 0 saturated heterocycles. The van der Waals surface area contributed by atoms with E-state index >= 15 is 0 Å². The van der Waals surface area contributed by atoms with Gasteiger partial charge in [-0.25, -0.2) is 4.98 Å². The number of amides is 1. The first-order valence-corrected chi connectivity index (χ1v) is 6.53. The molecule has 0 saturated carbocycles. The Morgan fingerprint density at radius 2 is 2.00 bits per heavy atom. The predicted molar refractivity (Wildman–Crippen MR) is 74.2 cm³/mol. The number of aromatic nitrogens is 1. The Morgan fingerprint density at radius 3 is 2.63 bits per heavy atom. The van der Waals surface area contributed by atoms with Crippen LogP contribution in [0.3, 0.4) is 0 Å². The minimum atomic E-state index is -0.663. The van der Waals surface area contributed by atoms with Gasteiger partial charge in [0.2, 0.25) is 5.95 Å². The molecule has 0 fully saturated rings. The van der Waals surface area contributed by atoms with Gasteiger partial charge in [0.25, 0.3) is 5.91 Å². The van der Waals surface area contributed by atoms with E-state index in [1.165, 1.54) is 12.3 Å². The molecular weight excluding hydrogens is 311 g/mol. The van der Waals surface area contributed by atoms with E-state index in [2.05, 4.69) is 26.2 Å². The lowest BCUT2D eigenvalue weighted by molar-refractivity contribution is 0.0939. The highest BCUT2D eigenvalue weighted by Gasteiger charge is 2.12. The van der Waals surface area contributed by atoms with Gasteiger partial charge in [-0.1, -0.05) is 28.1 Å².